The summed E-state index contributed by atoms with van der Waals surface area (Å²) < 4.78 is 5.86. The topological polar surface area (TPSA) is 54.5 Å². The zero-order valence-electron chi connectivity index (χ0n) is 14.5. The summed E-state index contributed by atoms with van der Waals surface area (Å²) in [6, 6.07) is 10.7. The predicted molar refractivity (Wildman–Crippen MR) is 101 cm³/mol. The van der Waals surface area contributed by atoms with Gasteiger partial charge in [0.05, 0.1) is 17.8 Å². The molecule has 1 unspecified atom stereocenters. The van der Waals surface area contributed by atoms with Gasteiger partial charge in [-0.05, 0) is 43.7 Å². The highest BCUT2D eigenvalue weighted by Crippen LogP contribution is 2.24. The monoisotopic (exact) mass is 359 g/mol. The van der Waals surface area contributed by atoms with E-state index in [9.17, 15) is 4.79 Å². The van der Waals surface area contributed by atoms with Crippen LogP contribution in [-0.2, 0) is 4.74 Å². The largest absolute Gasteiger partial charge is 0.372 e. The fraction of sp³-hybridized carbons (Fsp3) is 0.368. The summed E-state index contributed by atoms with van der Waals surface area (Å²) in [4.78, 5) is 19.0. The van der Waals surface area contributed by atoms with Crippen LogP contribution >= 0.6 is 11.6 Å². The summed E-state index contributed by atoms with van der Waals surface area (Å²) in [7, 11) is 0. The molecule has 0 radical (unpaired) electrons. The Hall–Kier alpha value is -2.11. The zero-order chi connectivity index (χ0) is 17.9. The number of ether oxygens (including phenoxy) is 1. The number of carbonyl (C=O) groups is 1. The molecule has 6 heteroatoms. The molecule has 0 saturated carbocycles. The van der Waals surface area contributed by atoms with Crippen molar-refractivity contribution in [3.63, 3.8) is 0 Å². The van der Waals surface area contributed by atoms with Crippen LogP contribution in [0.1, 0.15) is 30.6 Å². The molecule has 1 fully saturated rings. The van der Waals surface area contributed by atoms with Crippen molar-refractivity contribution < 1.29 is 9.53 Å². The minimum absolute atomic E-state index is 0.150. The summed E-state index contributed by atoms with van der Waals surface area (Å²) in [5, 5.41) is 3.40. The molecule has 25 heavy (non-hydrogen) atoms. The minimum atomic E-state index is -0.207. The first-order chi connectivity index (χ1) is 12.0. The molecule has 1 amide bonds. The van der Waals surface area contributed by atoms with Crippen LogP contribution in [0.5, 0.6) is 0 Å². The number of aromatic nitrogens is 1. The van der Waals surface area contributed by atoms with Crippen LogP contribution in [0.4, 0.5) is 11.5 Å². The van der Waals surface area contributed by atoms with Gasteiger partial charge in [0.25, 0.3) is 5.91 Å². The van der Waals surface area contributed by atoms with E-state index in [1.165, 1.54) is 0 Å². The SMILES string of the molecule is CCC1(C)CN(c2ccc(C(=O)Nc3cccc(Cl)c3)cn2)CCO1. The summed E-state index contributed by atoms with van der Waals surface area (Å²) in [6.07, 6.45) is 2.55. The number of rotatable bonds is 4. The van der Waals surface area contributed by atoms with E-state index in [0.29, 0.717) is 22.9 Å². The number of nitrogens with one attached hydrogen (secondary N) is 1. The number of hydrogen-bond donors (Lipinski definition) is 1. The smallest absolute Gasteiger partial charge is 0.257 e. The number of morpholine rings is 1. The Labute approximate surface area is 153 Å². The lowest BCUT2D eigenvalue weighted by Gasteiger charge is -2.40. The number of carbonyl (C=O) groups excluding carboxylic acids is 1. The van der Waals surface area contributed by atoms with E-state index in [0.717, 1.165) is 25.3 Å². The van der Waals surface area contributed by atoms with Gasteiger partial charge in [0.1, 0.15) is 5.82 Å². The van der Waals surface area contributed by atoms with E-state index in [2.05, 4.69) is 29.0 Å². The summed E-state index contributed by atoms with van der Waals surface area (Å²) in [5.74, 6) is 0.656. The molecule has 132 valence electrons. The Balaban J connectivity index is 1.68. The van der Waals surface area contributed by atoms with Crippen LogP contribution in [0.3, 0.4) is 0 Å². The second kappa shape index (κ2) is 7.42. The van der Waals surface area contributed by atoms with Gasteiger partial charge < -0.3 is 15.0 Å². The Morgan fingerprint density at radius 2 is 2.24 bits per heavy atom. The van der Waals surface area contributed by atoms with Crippen molar-refractivity contribution in [1.82, 2.24) is 4.98 Å². The number of hydrogen-bond acceptors (Lipinski definition) is 4. The lowest BCUT2D eigenvalue weighted by atomic mass is 10.0. The Morgan fingerprint density at radius 1 is 1.40 bits per heavy atom. The second-order valence-corrected chi connectivity index (χ2v) is 6.88. The third-order valence-corrected chi connectivity index (χ3v) is 4.74. The van der Waals surface area contributed by atoms with Crippen molar-refractivity contribution in [2.24, 2.45) is 0 Å². The Kier molecular flexibility index (Phi) is 5.25. The molecule has 0 bridgehead atoms. The van der Waals surface area contributed by atoms with Gasteiger partial charge in [-0.3, -0.25) is 4.79 Å². The van der Waals surface area contributed by atoms with Crippen LogP contribution < -0.4 is 10.2 Å². The molecule has 1 atom stereocenters. The molecule has 2 aromatic rings. The second-order valence-electron chi connectivity index (χ2n) is 6.44. The quantitative estimate of drug-likeness (QED) is 0.896. The molecule has 1 aromatic carbocycles. The van der Waals surface area contributed by atoms with Gasteiger partial charge >= 0.3 is 0 Å². The first-order valence-corrected chi connectivity index (χ1v) is 8.79. The molecule has 1 N–H and O–H groups in total. The van der Waals surface area contributed by atoms with Gasteiger partial charge in [0.2, 0.25) is 0 Å². The summed E-state index contributed by atoms with van der Waals surface area (Å²) >= 11 is 5.94. The molecule has 0 aliphatic carbocycles. The van der Waals surface area contributed by atoms with Crippen molar-refractivity contribution in [1.29, 1.82) is 0 Å². The highest BCUT2D eigenvalue weighted by molar-refractivity contribution is 6.30. The molecule has 2 heterocycles. The van der Waals surface area contributed by atoms with Gasteiger partial charge in [0.15, 0.2) is 0 Å². The fourth-order valence-electron chi connectivity index (χ4n) is 2.82. The zero-order valence-corrected chi connectivity index (χ0v) is 15.2. The Morgan fingerprint density at radius 3 is 2.92 bits per heavy atom. The van der Waals surface area contributed by atoms with E-state index in [-0.39, 0.29) is 11.5 Å². The van der Waals surface area contributed by atoms with Crippen molar-refractivity contribution in [3.05, 3.63) is 53.2 Å². The van der Waals surface area contributed by atoms with Gasteiger partial charge in [-0.25, -0.2) is 4.98 Å². The van der Waals surface area contributed by atoms with Gasteiger partial charge in [-0.1, -0.05) is 24.6 Å². The van der Waals surface area contributed by atoms with Crippen molar-refractivity contribution in [2.45, 2.75) is 25.9 Å². The molecule has 1 aromatic heterocycles. The predicted octanol–water partition coefficient (Wildman–Crippen LogP) is 3.99. The van der Waals surface area contributed by atoms with E-state index in [1.807, 2.05) is 6.07 Å². The summed E-state index contributed by atoms with van der Waals surface area (Å²) in [6.45, 7) is 6.52. The van der Waals surface area contributed by atoms with E-state index in [4.69, 9.17) is 16.3 Å². The lowest BCUT2D eigenvalue weighted by molar-refractivity contribution is -0.0443. The average Bonchev–Trinajstić information content (AvgIpc) is 2.62. The average molecular weight is 360 g/mol. The van der Waals surface area contributed by atoms with Gasteiger partial charge in [-0.15, -0.1) is 0 Å². The van der Waals surface area contributed by atoms with Crippen LogP contribution in [0.25, 0.3) is 0 Å². The number of halogens is 1. The highest BCUT2D eigenvalue weighted by atomic mass is 35.5. The van der Waals surface area contributed by atoms with Crippen molar-refractivity contribution in [2.75, 3.05) is 29.9 Å². The highest BCUT2D eigenvalue weighted by Gasteiger charge is 2.30. The number of pyridine rings is 1. The molecule has 5 nitrogen and oxygen atoms in total. The first-order valence-electron chi connectivity index (χ1n) is 8.41. The van der Waals surface area contributed by atoms with Crippen LogP contribution in [0.2, 0.25) is 5.02 Å². The normalized spacial score (nSPS) is 20.4. The standard InChI is InChI=1S/C19H22ClN3O2/c1-3-19(2)13-23(9-10-25-19)17-8-7-14(12-21-17)18(24)22-16-6-4-5-15(20)11-16/h4-8,11-12H,3,9-10,13H2,1-2H3,(H,22,24). The summed E-state index contributed by atoms with van der Waals surface area (Å²) in [5.41, 5.74) is 1.02. The molecule has 1 aliphatic rings. The Bertz CT molecular complexity index is 751. The number of amides is 1. The first kappa shape index (κ1) is 17.7. The molecule has 1 aliphatic heterocycles. The molecular weight excluding hydrogens is 338 g/mol. The van der Waals surface area contributed by atoms with Crippen molar-refractivity contribution in [3.8, 4) is 0 Å². The molecule has 1 saturated heterocycles. The van der Waals surface area contributed by atoms with Gasteiger partial charge in [-0.2, -0.15) is 0 Å². The number of benzene rings is 1. The lowest BCUT2D eigenvalue weighted by Crippen LogP contribution is -2.50. The van der Waals surface area contributed by atoms with Crippen LogP contribution in [0.15, 0.2) is 42.6 Å². The maximum Gasteiger partial charge on any atom is 0.257 e. The van der Waals surface area contributed by atoms with E-state index >= 15 is 0 Å². The third-order valence-electron chi connectivity index (χ3n) is 4.50. The third kappa shape index (κ3) is 4.30. The van der Waals surface area contributed by atoms with Crippen molar-refractivity contribution >= 4 is 29.0 Å². The number of nitrogens with zero attached hydrogens (tertiary/aromatic N) is 2. The maximum atomic E-state index is 12.3. The van der Waals surface area contributed by atoms with Crippen LogP contribution in [-0.4, -0.2) is 36.2 Å². The van der Waals surface area contributed by atoms with Crippen LogP contribution in [0, 0.1) is 0 Å². The maximum absolute atomic E-state index is 12.3. The fourth-order valence-corrected chi connectivity index (χ4v) is 3.01. The molecular formula is C19H22ClN3O2. The van der Waals surface area contributed by atoms with E-state index < -0.39 is 0 Å². The van der Waals surface area contributed by atoms with Gasteiger partial charge in [0, 0.05) is 30.0 Å². The van der Waals surface area contributed by atoms with E-state index in [1.54, 1.807) is 36.5 Å². The number of anilines is 2. The molecule has 0 spiro atoms. The molecule has 3 rings (SSSR count). The minimum Gasteiger partial charge on any atom is -0.372 e.